The van der Waals surface area contributed by atoms with E-state index in [0.29, 0.717) is 13.3 Å². The number of hydrogen-bond acceptors (Lipinski definition) is 0. The van der Waals surface area contributed by atoms with Crippen LogP contribution in [0.1, 0.15) is 0 Å². The van der Waals surface area contributed by atoms with Crippen LogP contribution in [-0.2, 0) is 0 Å². The number of hydrogen-bond donors (Lipinski definition) is 0. The molecular weight excluding hydrogens is 12600 g/mol. The van der Waals surface area contributed by atoms with E-state index in [1.807, 2.05) is 0 Å². The summed E-state index contributed by atoms with van der Waals surface area (Å²) in [5.74, 6) is 0. The Labute approximate surface area is 1240 Å². The number of rotatable bonds is 48. The third-order valence-electron chi connectivity index (χ3n) is 3.88. The molecule has 0 radical (unpaired) electrons. The van der Waals surface area contributed by atoms with Crippen LogP contribution in [0.2, 0.25) is 0 Å². The summed E-state index contributed by atoms with van der Waals surface area (Å²) in [6.45, 7) is 0. The first-order valence-electron chi connectivity index (χ1n) is 14.0. The van der Waals surface area contributed by atoms with Crippen LogP contribution in [0.5, 0.6) is 0 Å². The molecule has 0 saturated carbocycles. The summed E-state index contributed by atoms with van der Waals surface area (Å²) in [5.41, 5.74) is 0. The zero-order chi connectivity index (χ0) is 78.4. The monoisotopic (exact) mass is 12600 g/mol. The Hall–Kier alpha value is 72.3. The van der Waals surface area contributed by atoms with Gasteiger partial charge in [-0.2, -0.15) is 0 Å². The predicted octanol–water partition coefficient (Wildman–Crippen LogP) is 83.8. The summed E-state index contributed by atoms with van der Waals surface area (Å²) in [5, 5.41) is 0. The van der Waals surface area contributed by atoms with Crippen molar-refractivity contribution >= 4 is 1310 Å². The molecule has 0 fully saturated rings. The molecule has 0 aliphatic heterocycles. The molecule has 0 aromatic carbocycles. The van der Waals surface area contributed by atoms with Gasteiger partial charge in [0.15, 0.2) is 0 Å². The Kier molecular flexibility index (Phi) is 179. The fraction of sp³-hybridized carbons (Fsp3) is 0. The van der Waals surface area contributed by atoms with Gasteiger partial charge in [0.1, 0.15) is 0 Å². The van der Waals surface area contributed by atoms with Gasteiger partial charge >= 0.3 is 1320 Å². The van der Waals surface area contributed by atoms with Gasteiger partial charge in [-0.1, -0.05) is 0 Å². The van der Waals surface area contributed by atoms with E-state index in [4.69, 9.17) is 0 Å². The molecule has 0 aliphatic rings. The average molecular weight is 12600 g/mol. The van der Waals surface area contributed by atoms with Gasteiger partial charge in [0.2, 0.25) is 0 Å². The summed E-state index contributed by atoms with van der Waals surface area (Å²) in [6.07, 6.45) is 0. The molecule has 0 aromatic heterocycles. The van der Waals surface area contributed by atoms with Crippen molar-refractivity contribution < 1.29 is 13.3 Å². The molecule has 0 nitrogen and oxygen atoms in total. The molecule has 0 bridgehead atoms. The summed E-state index contributed by atoms with van der Waals surface area (Å²) in [4.78, 5) is 0. The fourth-order valence-corrected chi connectivity index (χ4v) is 19500. The molecule has 0 heterocycles. The van der Waals surface area contributed by atoms with E-state index in [0.717, 1.165) is 0 Å². The molecule has 0 spiro atoms. The van der Waals surface area contributed by atoms with E-state index in [-0.39, 0.29) is 0 Å². The van der Waals surface area contributed by atoms with E-state index in [1.165, 1.54) is 0 Å². The summed E-state index contributed by atoms with van der Waals surface area (Å²) in [6, 6.07) is 0. The second-order valence-corrected chi connectivity index (χ2v) is 2360. The van der Waals surface area contributed by atoms with Crippen LogP contribution in [0.15, 0.2) is 0 Å². The average Bonchev–Trinajstić information content (AvgIpc) is 0.831. The first kappa shape index (κ1) is 171. The van der Waals surface area contributed by atoms with Gasteiger partial charge in [0.05, 0.1) is 0 Å². The van der Waals surface area contributed by atoms with E-state index >= 15 is 0 Å². The van der Waals surface area contributed by atoms with Crippen LogP contribution < -0.4 is 13.3 Å². The van der Waals surface area contributed by atoms with Gasteiger partial charge in [0.25, 0.3) is 0 Å². The Morgan fingerprint density at radius 3 is 0.212 bits per heavy atom. The zero-order valence-electron chi connectivity index (χ0n) is 37.4. The van der Waals surface area contributed by atoms with Gasteiger partial charge in [-0.25, -0.2) is 0 Å². The zero-order valence-corrected chi connectivity index (χ0v) is 251. The summed E-state index contributed by atoms with van der Waals surface area (Å²) < 4.78 is 0. The Morgan fingerprint density at radius 2 is 0.152 bits per heavy atom. The van der Waals surface area contributed by atoms with E-state index < -0.39 is 379 Å². The van der Waals surface area contributed by atoms with Crippen LogP contribution in [0.3, 0.4) is 0 Å². The molecule has 99 heteroatoms. The molecule has 99 heavy (non-hydrogen) atoms. The first-order chi connectivity index (χ1) is 45.1. The van der Waals surface area contributed by atoms with Crippen LogP contribution in [0, 0.1) is 0 Å². The predicted molar refractivity (Wildman–Crippen MR) is 1370 cm³/mol. The van der Waals surface area contributed by atoms with Gasteiger partial charge in [-0.15, -0.1) is 0 Å². The van der Waals surface area contributed by atoms with Crippen molar-refractivity contribution in [3.8, 4) is 0 Å². The van der Waals surface area contributed by atoms with Crippen molar-refractivity contribution in [3.63, 3.8) is 0 Å². The molecule has 0 aliphatic carbocycles. The van der Waals surface area contributed by atoms with E-state index in [1.54, 1.807) is 0 Å². The molecule has 0 aromatic rings. The van der Waals surface area contributed by atoms with Gasteiger partial charge in [-0.3, -0.25) is 0 Å². The number of halogens is 99. The van der Waals surface area contributed by atoms with Gasteiger partial charge in [-0.05, 0) is 0 Å². The third kappa shape index (κ3) is 70.1. The molecule has 0 N–H and O–H groups in total. The summed E-state index contributed by atoms with van der Waals surface area (Å²) >= 11 is 170. The van der Waals surface area contributed by atoms with Crippen LogP contribution in [-0.4, -0.2) is 0 Å². The maximum absolute atomic E-state index is 3.48. The second kappa shape index (κ2) is 103. The Balaban J connectivity index is 5.89. The van der Waals surface area contributed by atoms with Crippen LogP contribution in [0.25, 0.3) is 0 Å². The Morgan fingerprint density at radius 1 is 0.0909 bits per heavy atom. The Bertz CT molecular complexity index is 2080. The molecule has 0 amide bonds. The molecule has 694 valence electrons. The van der Waals surface area contributed by atoms with Crippen molar-refractivity contribution in [3.05, 3.63) is 0 Å². The van der Waals surface area contributed by atoms with E-state index in [9.17, 15) is 0 Å². The first-order valence-corrected chi connectivity index (χ1v) is 630. The maximum atomic E-state index is 3.48. The van der Waals surface area contributed by atoms with Gasteiger partial charge in [0, 0.05) is 0 Å². The SMILES string of the molecule is I[I-]I(I)I(I)I(I)I(I)I(I)I(I)I(I)I(I)I(I)I(I)I(I)I(I)I(I)I(I)I(I)I(I)I(I)I(I)I(I)I(I)I(I)I(I)I(I)I(I)I(I)I(I)I(I)I(I)I(I)I(I)I(I)I(I)I(I)I(I)I(I)I(I)I(I)I(I)I(I)I(I)I(I)I(I)I(I)I(I)I(I)I(I)I(I)I(I)I. The third-order valence-corrected chi connectivity index (χ3v) is 7850. The fourth-order valence-electron chi connectivity index (χ4n) is 1.43. The minimum atomic E-state index is -0.659. The quantitative estimate of drug-likeness (QED) is 0.0533. The van der Waals surface area contributed by atoms with Crippen molar-refractivity contribution in [2.45, 2.75) is 0 Å². The van der Waals surface area contributed by atoms with Crippen molar-refractivity contribution in [2.75, 3.05) is 0 Å². The molecule has 0 saturated heterocycles. The molecule has 0 rings (SSSR count). The minimum absolute atomic E-state index is 0.422. The summed E-state index contributed by atoms with van der Waals surface area (Å²) in [7, 11) is -29.2. The van der Waals surface area contributed by atoms with Crippen molar-refractivity contribution in [1.29, 1.82) is 0 Å². The van der Waals surface area contributed by atoms with Crippen LogP contribution in [0.4, 0.5) is 0 Å². The van der Waals surface area contributed by atoms with Crippen molar-refractivity contribution in [2.24, 2.45) is 0 Å². The van der Waals surface area contributed by atoms with Gasteiger partial charge < -0.3 is 0 Å². The van der Waals surface area contributed by atoms with Crippen LogP contribution >= 0.6 is 1310 Å². The topological polar surface area (TPSA) is 0 Å². The standard InChI is InChI=1S/I99/c1-51-53(4)55(6)57(8)59(10)61(12)63(14)65(16)67(18)69(20)71(22)73(24)75(26)77(28)79(30)81(32)83(34)85(36)87(38)89(40)91(42)93(44)95(46)97(48)99(50)98(49)96(47)94(45)92(43)90(41)88(39)86(37)84(35)82(33)80(31)78(29)76(27)74(25)72(23)70(21)68(19)66(17)64(15)62(13)60(11)58(9)56(7)54(5)52(2)3/q-1. The molecule has 0 atom stereocenters. The van der Waals surface area contributed by atoms with E-state index in [2.05, 4.69) is 931 Å². The normalized spacial score (nSPS) is 19.1. The van der Waals surface area contributed by atoms with Crippen molar-refractivity contribution in [1.82, 2.24) is 0 Å². The second-order valence-electron chi connectivity index (χ2n) is 7.83. The molecule has 0 unspecified atom stereocenters. The molecular formula is I99-.